The van der Waals surface area contributed by atoms with Crippen molar-refractivity contribution in [3.05, 3.63) is 28.2 Å². The van der Waals surface area contributed by atoms with Crippen LogP contribution in [-0.4, -0.2) is 22.9 Å². The molecule has 0 aliphatic heterocycles. The molecule has 112 valence electrons. The fourth-order valence-electron chi connectivity index (χ4n) is 1.61. The van der Waals surface area contributed by atoms with Gasteiger partial charge in [0.15, 0.2) is 5.76 Å². The normalized spacial score (nSPS) is 10.4. The summed E-state index contributed by atoms with van der Waals surface area (Å²) >= 11 is 11.8. The maximum atomic E-state index is 11.3. The Balaban J connectivity index is 2.40. The van der Waals surface area contributed by atoms with Gasteiger partial charge in [0.2, 0.25) is 17.4 Å². The van der Waals surface area contributed by atoms with E-state index in [1.807, 2.05) is 0 Å². The van der Waals surface area contributed by atoms with Crippen LogP contribution in [0.15, 0.2) is 22.6 Å². The number of carbonyl (C=O) groups excluding carboxylic acids is 1. The molecule has 1 amide bonds. The maximum absolute atomic E-state index is 11.3. The van der Waals surface area contributed by atoms with Crippen molar-refractivity contribution in [1.29, 1.82) is 0 Å². The molecule has 1 aromatic carbocycles. The second-order valence-electron chi connectivity index (χ2n) is 3.93. The number of carbonyl (C=O) groups is 1. The lowest BCUT2D eigenvalue weighted by Gasteiger charge is -2.02. The molecular formula is C13H11Cl2NO5. The van der Waals surface area contributed by atoms with E-state index in [1.54, 1.807) is 13.0 Å². The van der Waals surface area contributed by atoms with Gasteiger partial charge in [-0.25, -0.2) is 4.79 Å². The van der Waals surface area contributed by atoms with Gasteiger partial charge in [0.25, 0.3) is 0 Å². The van der Waals surface area contributed by atoms with Crippen molar-refractivity contribution in [3.8, 4) is 22.8 Å². The smallest absolute Gasteiger partial charge is 0.414 e. The summed E-state index contributed by atoms with van der Waals surface area (Å²) in [6.45, 7) is 1.77. The first-order valence-electron chi connectivity index (χ1n) is 5.88. The van der Waals surface area contributed by atoms with Crippen molar-refractivity contribution < 1.29 is 24.2 Å². The second-order valence-corrected chi connectivity index (χ2v) is 4.77. The molecule has 0 fully saturated rings. The predicted molar refractivity (Wildman–Crippen MR) is 78.1 cm³/mol. The molecule has 1 aromatic heterocycles. The van der Waals surface area contributed by atoms with Crippen LogP contribution in [0.25, 0.3) is 11.3 Å². The van der Waals surface area contributed by atoms with E-state index >= 15 is 0 Å². The lowest BCUT2D eigenvalue weighted by Crippen LogP contribution is -2.12. The summed E-state index contributed by atoms with van der Waals surface area (Å²) < 4.78 is 9.88. The summed E-state index contributed by atoms with van der Waals surface area (Å²) in [5, 5.41) is 22.4. The number of hydrogen-bond acceptors (Lipinski definition) is 5. The highest BCUT2D eigenvalue weighted by Crippen LogP contribution is 2.47. The quantitative estimate of drug-likeness (QED) is 0.782. The van der Waals surface area contributed by atoms with Crippen molar-refractivity contribution in [2.24, 2.45) is 0 Å². The summed E-state index contributed by atoms with van der Waals surface area (Å²) in [5.74, 6) is -1.61. The van der Waals surface area contributed by atoms with Crippen LogP contribution >= 0.6 is 23.2 Å². The Kier molecular flexibility index (Phi) is 4.50. The van der Waals surface area contributed by atoms with Crippen LogP contribution in [0.2, 0.25) is 10.0 Å². The highest BCUT2D eigenvalue weighted by Gasteiger charge is 2.24. The molecule has 0 radical (unpaired) electrons. The van der Waals surface area contributed by atoms with Crippen LogP contribution in [0.3, 0.4) is 0 Å². The first kappa shape index (κ1) is 15.3. The SMILES string of the molecule is CCOC(=O)Nc1oc(-c2ccc(Cl)cc2Cl)c(O)c1O. The zero-order chi connectivity index (χ0) is 15.6. The van der Waals surface area contributed by atoms with Gasteiger partial charge in [0.05, 0.1) is 11.6 Å². The molecular weight excluding hydrogens is 321 g/mol. The van der Waals surface area contributed by atoms with Crippen LogP contribution in [0.5, 0.6) is 11.5 Å². The van der Waals surface area contributed by atoms with E-state index in [1.165, 1.54) is 12.1 Å². The van der Waals surface area contributed by atoms with Crippen molar-refractivity contribution >= 4 is 35.2 Å². The fourth-order valence-corrected chi connectivity index (χ4v) is 2.11. The standard InChI is InChI=1S/C13H11Cl2NO5/c1-2-20-13(19)16-12-10(18)9(17)11(21-12)7-4-3-6(14)5-8(7)15/h3-5,17-18H,2H2,1H3,(H,16,19). The fraction of sp³-hybridized carbons (Fsp3) is 0.154. The van der Waals surface area contributed by atoms with E-state index in [4.69, 9.17) is 27.6 Å². The topological polar surface area (TPSA) is 91.9 Å². The van der Waals surface area contributed by atoms with Crippen molar-refractivity contribution in [3.63, 3.8) is 0 Å². The molecule has 6 nitrogen and oxygen atoms in total. The number of ether oxygens (including phenoxy) is 1. The summed E-state index contributed by atoms with van der Waals surface area (Å²) in [6, 6.07) is 4.51. The predicted octanol–water partition coefficient (Wildman–Crippen LogP) is 4.23. The number of halogens is 2. The van der Waals surface area contributed by atoms with Crippen LogP contribution in [-0.2, 0) is 4.74 Å². The highest BCUT2D eigenvalue weighted by atomic mass is 35.5. The highest BCUT2D eigenvalue weighted by molar-refractivity contribution is 6.36. The van der Waals surface area contributed by atoms with E-state index in [0.717, 1.165) is 0 Å². The molecule has 0 bridgehead atoms. The van der Waals surface area contributed by atoms with E-state index in [0.29, 0.717) is 10.6 Å². The van der Waals surface area contributed by atoms with E-state index in [9.17, 15) is 15.0 Å². The van der Waals surface area contributed by atoms with Gasteiger partial charge < -0.3 is 19.4 Å². The first-order chi connectivity index (χ1) is 9.93. The molecule has 1 heterocycles. The summed E-state index contributed by atoms with van der Waals surface area (Å²) in [4.78, 5) is 11.3. The maximum Gasteiger partial charge on any atom is 0.414 e. The molecule has 0 saturated carbocycles. The zero-order valence-corrected chi connectivity index (χ0v) is 12.3. The van der Waals surface area contributed by atoms with Gasteiger partial charge in [0.1, 0.15) is 0 Å². The molecule has 0 aliphatic rings. The first-order valence-corrected chi connectivity index (χ1v) is 6.63. The van der Waals surface area contributed by atoms with Gasteiger partial charge >= 0.3 is 6.09 Å². The number of anilines is 1. The summed E-state index contributed by atoms with van der Waals surface area (Å²) in [6.07, 6.45) is -0.824. The second kappa shape index (κ2) is 6.15. The Labute approximate surface area is 129 Å². The Bertz CT molecular complexity index is 683. The molecule has 0 spiro atoms. The van der Waals surface area contributed by atoms with Gasteiger partial charge in [0, 0.05) is 10.6 Å². The largest absolute Gasteiger partial charge is 0.502 e. The number of rotatable bonds is 3. The van der Waals surface area contributed by atoms with Gasteiger partial charge in [-0.15, -0.1) is 0 Å². The monoisotopic (exact) mass is 331 g/mol. The zero-order valence-electron chi connectivity index (χ0n) is 10.8. The van der Waals surface area contributed by atoms with E-state index < -0.39 is 17.6 Å². The number of hydrogen-bond donors (Lipinski definition) is 3. The van der Waals surface area contributed by atoms with Gasteiger partial charge in [-0.1, -0.05) is 23.2 Å². The van der Waals surface area contributed by atoms with Crippen LogP contribution in [0.4, 0.5) is 10.7 Å². The minimum absolute atomic E-state index is 0.0963. The van der Waals surface area contributed by atoms with Crippen molar-refractivity contribution in [1.82, 2.24) is 0 Å². The lowest BCUT2D eigenvalue weighted by atomic mass is 10.1. The third-order valence-corrected chi connectivity index (χ3v) is 3.07. The van der Waals surface area contributed by atoms with Crippen LogP contribution in [0.1, 0.15) is 6.92 Å². The number of amides is 1. The van der Waals surface area contributed by atoms with Crippen LogP contribution in [0, 0.1) is 0 Å². The molecule has 0 unspecified atom stereocenters. The van der Waals surface area contributed by atoms with Gasteiger partial charge in [-0.2, -0.15) is 0 Å². The average molecular weight is 332 g/mol. The number of aromatic hydroxyl groups is 2. The summed E-state index contributed by atoms with van der Waals surface area (Å²) in [7, 11) is 0. The molecule has 3 N–H and O–H groups in total. The average Bonchev–Trinajstić information content (AvgIpc) is 2.68. The number of furan rings is 1. The van der Waals surface area contributed by atoms with E-state index in [2.05, 4.69) is 10.1 Å². The molecule has 21 heavy (non-hydrogen) atoms. The lowest BCUT2D eigenvalue weighted by molar-refractivity contribution is 0.167. The molecule has 0 atom stereocenters. The number of nitrogens with one attached hydrogen (secondary N) is 1. The molecule has 0 saturated heterocycles. The Morgan fingerprint density at radius 1 is 1.33 bits per heavy atom. The van der Waals surface area contributed by atoms with Crippen molar-refractivity contribution in [2.75, 3.05) is 11.9 Å². The minimum Gasteiger partial charge on any atom is -0.502 e. The Morgan fingerprint density at radius 3 is 2.67 bits per heavy atom. The number of benzene rings is 1. The minimum atomic E-state index is -0.824. The van der Waals surface area contributed by atoms with Gasteiger partial charge in [-0.05, 0) is 25.1 Å². The van der Waals surface area contributed by atoms with Crippen LogP contribution < -0.4 is 5.32 Å². The third-order valence-electron chi connectivity index (χ3n) is 2.53. The molecule has 0 aliphatic carbocycles. The van der Waals surface area contributed by atoms with E-state index in [-0.39, 0.29) is 23.3 Å². The molecule has 2 rings (SSSR count). The van der Waals surface area contributed by atoms with Gasteiger partial charge in [-0.3, -0.25) is 5.32 Å². The Hall–Kier alpha value is -2.05. The summed E-state index contributed by atoms with van der Waals surface area (Å²) in [5.41, 5.74) is 0.311. The Morgan fingerprint density at radius 2 is 2.05 bits per heavy atom. The molecule has 8 heteroatoms. The van der Waals surface area contributed by atoms with Crippen molar-refractivity contribution in [2.45, 2.75) is 6.92 Å². The molecule has 2 aromatic rings. The third kappa shape index (κ3) is 3.17.